The number of carbonyl (C=O) groups excluding carboxylic acids is 1. The maximum Gasteiger partial charge on any atom is 0.422 e. The van der Waals surface area contributed by atoms with Gasteiger partial charge in [-0.25, -0.2) is 4.79 Å². The summed E-state index contributed by atoms with van der Waals surface area (Å²) < 4.78 is 41.2. The summed E-state index contributed by atoms with van der Waals surface area (Å²) in [5.74, 6) is -0.147. The van der Waals surface area contributed by atoms with Crippen LogP contribution in [0, 0.1) is 0 Å². The number of aliphatic hydroxyl groups excluding tert-OH is 1. The number of nitrogens with one attached hydrogen (secondary N) is 2. The van der Waals surface area contributed by atoms with Crippen molar-refractivity contribution >= 4 is 23.3 Å². The second-order valence-electron chi connectivity index (χ2n) is 4.56. The molecule has 0 aliphatic carbocycles. The van der Waals surface area contributed by atoms with Gasteiger partial charge in [0.25, 0.3) is 0 Å². The minimum absolute atomic E-state index is 0.0189. The van der Waals surface area contributed by atoms with E-state index < -0.39 is 18.8 Å². The molecule has 1 aromatic carbocycles. The first kappa shape index (κ1) is 18.4. The van der Waals surface area contributed by atoms with Gasteiger partial charge >= 0.3 is 12.2 Å². The van der Waals surface area contributed by atoms with Crippen LogP contribution < -0.4 is 15.4 Å². The Morgan fingerprint density at radius 3 is 2.73 bits per heavy atom. The standard InChI is InChI=1S/C13H16ClF3N2O3/c1-8(4-5-20)18-12(21)19-10-6-9(14)2-3-11(10)22-7-13(15,16)17/h2-3,6,8,20H,4-5,7H2,1H3,(H2,18,19,21)/t8-/m0/s1. The molecular formula is C13H16ClF3N2O3. The number of hydrogen-bond donors (Lipinski definition) is 3. The quantitative estimate of drug-likeness (QED) is 0.745. The zero-order valence-corrected chi connectivity index (χ0v) is 12.5. The van der Waals surface area contributed by atoms with Crippen molar-refractivity contribution in [2.45, 2.75) is 25.6 Å². The number of carbonyl (C=O) groups is 1. The molecule has 0 heterocycles. The first-order valence-electron chi connectivity index (χ1n) is 6.38. The normalized spacial score (nSPS) is 12.6. The molecule has 1 rings (SSSR count). The second kappa shape index (κ2) is 8.09. The maximum absolute atomic E-state index is 12.2. The molecule has 5 nitrogen and oxygen atoms in total. The van der Waals surface area contributed by atoms with E-state index in [9.17, 15) is 18.0 Å². The van der Waals surface area contributed by atoms with E-state index in [4.69, 9.17) is 16.7 Å². The van der Waals surface area contributed by atoms with Crippen LogP contribution in [-0.2, 0) is 0 Å². The van der Waals surface area contributed by atoms with Crippen molar-refractivity contribution in [2.24, 2.45) is 0 Å². The van der Waals surface area contributed by atoms with E-state index in [1.807, 2.05) is 0 Å². The van der Waals surface area contributed by atoms with Crippen LogP contribution in [0.25, 0.3) is 0 Å². The molecule has 0 saturated carbocycles. The van der Waals surface area contributed by atoms with Crippen molar-refractivity contribution in [1.29, 1.82) is 0 Å². The van der Waals surface area contributed by atoms with Gasteiger partial charge in [-0.05, 0) is 31.5 Å². The van der Waals surface area contributed by atoms with Gasteiger partial charge in [-0.15, -0.1) is 0 Å². The van der Waals surface area contributed by atoms with Crippen molar-refractivity contribution in [1.82, 2.24) is 5.32 Å². The Kier molecular flexibility index (Phi) is 6.76. The van der Waals surface area contributed by atoms with Crippen LogP contribution in [0.1, 0.15) is 13.3 Å². The van der Waals surface area contributed by atoms with Crippen molar-refractivity contribution in [3.8, 4) is 5.75 Å². The zero-order chi connectivity index (χ0) is 16.8. The number of rotatable bonds is 6. The highest BCUT2D eigenvalue weighted by atomic mass is 35.5. The summed E-state index contributed by atoms with van der Waals surface area (Å²) in [6, 6.07) is 2.93. The molecule has 0 aliphatic rings. The average molecular weight is 341 g/mol. The lowest BCUT2D eigenvalue weighted by atomic mass is 10.2. The summed E-state index contributed by atoms with van der Waals surface area (Å²) in [6.45, 7) is 0.0965. The molecule has 0 spiro atoms. The average Bonchev–Trinajstić information content (AvgIpc) is 2.36. The summed E-state index contributed by atoms with van der Waals surface area (Å²) in [5.41, 5.74) is 0.0189. The van der Waals surface area contributed by atoms with E-state index >= 15 is 0 Å². The van der Waals surface area contributed by atoms with Gasteiger partial charge in [-0.2, -0.15) is 13.2 Å². The zero-order valence-electron chi connectivity index (χ0n) is 11.7. The SMILES string of the molecule is C[C@@H](CCO)NC(=O)Nc1cc(Cl)ccc1OCC(F)(F)F. The van der Waals surface area contributed by atoms with E-state index in [1.54, 1.807) is 6.92 Å². The van der Waals surface area contributed by atoms with E-state index in [0.717, 1.165) is 0 Å². The van der Waals surface area contributed by atoms with Crippen LogP contribution in [-0.4, -0.2) is 36.6 Å². The molecule has 22 heavy (non-hydrogen) atoms. The van der Waals surface area contributed by atoms with E-state index in [-0.39, 0.29) is 29.1 Å². The molecule has 0 bridgehead atoms. The van der Waals surface area contributed by atoms with Gasteiger partial charge in [0.15, 0.2) is 6.61 Å². The molecule has 0 aliphatic heterocycles. The molecule has 3 N–H and O–H groups in total. The van der Waals surface area contributed by atoms with Gasteiger partial charge in [-0.1, -0.05) is 11.6 Å². The van der Waals surface area contributed by atoms with Crippen LogP contribution in [0.4, 0.5) is 23.7 Å². The molecule has 0 unspecified atom stereocenters. The number of urea groups is 1. The third-order valence-corrected chi connectivity index (χ3v) is 2.76. The monoisotopic (exact) mass is 340 g/mol. The number of amides is 2. The molecule has 124 valence electrons. The number of alkyl halides is 3. The highest BCUT2D eigenvalue weighted by molar-refractivity contribution is 6.31. The number of aliphatic hydroxyl groups is 1. The van der Waals surface area contributed by atoms with Crippen molar-refractivity contribution < 1.29 is 27.8 Å². The van der Waals surface area contributed by atoms with Gasteiger partial charge in [0.1, 0.15) is 5.75 Å². The number of hydrogen-bond acceptors (Lipinski definition) is 3. The fourth-order valence-electron chi connectivity index (χ4n) is 1.53. The van der Waals surface area contributed by atoms with Gasteiger partial charge in [0, 0.05) is 17.7 Å². The molecule has 9 heteroatoms. The lowest BCUT2D eigenvalue weighted by Gasteiger charge is -2.16. The van der Waals surface area contributed by atoms with Crippen molar-refractivity contribution in [3.05, 3.63) is 23.2 Å². The number of halogens is 4. The summed E-state index contributed by atoms with van der Waals surface area (Å²) in [4.78, 5) is 11.7. The molecule has 1 atom stereocenters. The summed E-state index contributed by atoms with van der Waals surface area (Å²) in [7, 11) is 0. The topological polar surface area (TPSA) is 70.6 Å². The lowest BCUT2D eigenvalue weighted by Crippen LogP contribution is -2.36. The summed E-state index contributed by atoms with van der Waals surface area (Å²) in [6.07, 6.45) is -4.14. The highest BCUT2D eigenvalue weighted by Crippen LogP contribution is 2.29. The van der Waals surface area contributed by atoms with E-state index in [0.29, 0.717) is 6.42 Å². The molecule has 0 aromatic heterocycles. The first-order chi connectivity index (χ1) is 10.2. The van der Waals surface area contributed by atoms with Gasteiger partial charge in [0.2, 0.25) is 0 Å². The maximum atomic E-state index is 12.2. The first-order valence-corrected chi connectivity index (χ1v) is 6.76. The Bertz CT molecular complexity index is 512. The molecule has 0 radical (unpaired) electrons. The van der Waals surface area contributed by atoms with Crippen molar-refractivity contribution in [3.63, 3.8) is 0 Å². The predicted molar refractivity (Wildman–Crippen MR) is 76.3 cm³/mol. The molecule has 0 fully saturated rings. The lowest BCUT2D eigenvalue weighted by molar-refractivity contribution is -0.153. The second-order valence-corrected chi connectivity index (χ2v) is 4.99. The predicted octanol–water partition coefficient (Wildman–Crippen LogP) is 3.17. The molecule has 1 aromatic rings. The largest absolute Gasteiger partial charge is 0.482 e. The third kappa shape index (κ3) is 6.86. The van der Waals surface area contributed by atoms with Crippen molar-refractivity contribution in [2.75, 3.05) is 18.5 Å². The number of ether oxygens (including phenoxy) is 1. The Morgan fingerprint density at radius 2 is 2.14 bits per heavy atom. The van der Waals surface area contributed by atoms with E-state index in [1.165, 1.54) is 18.2 Å². The Morgan fingerprint density at radius 1 is 1.45 bits per heavy atom. The summed E-state index contributed by atoms with van der Waals surface area (Å²) in [5, 5.41) is 13.9. The Hall–Kier alpha value is -1.67. The minimum Gasteiger partial charge on any atom is -0.482 e. The van der Waals surface area contributed by atoms with Crippen LogP contribution >= 0.6 is 11.6 Å². The van der Waals surface area contributed by atoms with Crippen LogP contribution in [0.15, 0.2) is 18.2 Å². The third-order valence-electron chi connectivity index (χ3n) is 2.52. The fourth-order valence-corrected chi connectivity index (χ4v) is 1.71. The molecular weight excluding hydrogens is 325 g/mol. The van der Waals surface area contributed by atoms with Gasteiger partial charge < -0.3 is 20.5 Å². The number of anilines is 1. The van der Waals surface area contributed by atoms with Crippen LogP contribution in [0.2, 0.25) is 5.02 Å². The highest BCUT2D eigenvalue weighted by Gasteiger charge is 2.29. The fraction of sp³-hybridized carbons (Fsp3) is 0.462. The Labute approximate surface area is 130 Å². The minimum atomic E-state index is -4.49. The Balaban J connectivity index is 2.75. The molecule has 2 amide bonds. The van der Waals surface area contributed by atoms with Gasteiger partial charge in [0.05, 0.1) is 5.69 Å². The number of benzene rings is 1. The summed E-state index contributed by atoms with van der Waals surface area (Å²) >= 11 is 5.76. The smallest absolute Gasteiger partial charge is 0.422 e. The molecule has 0 saturated heterocycles. The van der Waals surface area contributed by atoms with Gasteiger partial charge in [-0.3, -0.25) is 0 Å². The van der Waals surface area contributed by atoms with Crippen LogP contribution in [0.5, 0.6) is 5.75 Å². The van der Waals surface area contributed by atoms with E-state index in [2.05, 4.69) is 15.4 Å². The van der Waals surface area contributed by atoms with Crippen LogP contribution in [0.3, 0.4) is 0 Å².